The topological polar surface area (TPSA) is 76.4 Å². The van der Waals surface area contributed by atoms with Crippen molar-refractivity contribution in [3.05, 3.63) is 11.6 Å². The molecule has 1 aromatic rings. The molecule has 0 aromatic carbocycles. The lowest BCUT2D eigenvalue weighted by atomic mass is 9.89. The Morgan fingerprint density at radius 2 is 2.04 bits per heavy atom. The molecule has 8 heteroatoms. The summed E-state index contributed by atoms with van der Waals surface area (Å²) in [5.74, 6) is 2.83. The van der Waals surface area contributed by atoms with Gasteiger partial charge >= 0.3 is 0 Å². The van der Waals surface area contributed by atoms with E-state index in [0.29, 0.717) is 13.1 Å². The van der Waals surface area contributed by atoms with Crippen molar-refractivity contribution in [3.63, 3.8) is 0 Å². The molecule has 0 spiro atoms. The first-order valence-corrected chi connectivity index (χ1v) is 8.34. The van der Waals surface area contributed by atoms with Crippen LogP contribution in [-0.2, 0) is 24.2 Å². The number of nitrogens with one attached hydrogen (secondary N) is 2. The van der Waals surface area contributed by atoms with E-state index in [0.717, 1.165) is 30.6 Å². The van der Waals surface area contributed by atoms with Gasteiger partial charge in [0.15, 0.2) is 11.8 Å². The highest BCUT2D eigenvalue weighted by molar-refractivity contribution is 14.0. The van der Waals surface area contributed by atoms with Crippen LogP contribution in [0.2, 0.25) is 0 Å². The lowest BCUT2D eigenvalue weighted by Crippen LogP contribution is -2.45. The molecule has 0 amide bonds. The van der Waals surface area contributed by atoms with Crippen LogP contribution in [0.5, 0.6) is 0 Å². The van der Waals surface area contributed by atoms with Crippen LogP contribution < -0.4 is 10.6 Å². The molecule has 24 heavy (non-hydrogen) atoms. The number of rotatable bonds is 5. The Bertz CT molecular complexity index is 537. The third kappa shape index (κ3) is 5.58. The molecule has 2 N–H and O–H groups in total. The van der Waals surface area contributed by atoms with Gasteiger partial charge in [-0.25, -0.2) is 0 Å². The lowest BCUT2D eigenvalue weighted by Gasteiger charge is -2.30. The second kappa shape index (κ2) is 9.55. The lowest BCUT2D eigenvalue weighted by molar-refractivity contribution is 0.0205. The van der Waals surface area contributed by atoms with E-state index in [2.05, 4.69) is 51.2 Å². The van der Waals surface area contributed by atoms with Crippen molar-refractivity contribution >= 4 is 29.9 Å². The van der Waals surface area contributed by atoms with Gasteiger partial charge in [0.2, 0.25) is 0 Å². The zero-order valence-corrected chi connectivity index (χ0v) is 17.8. The van der Waals surface area contributed by atoms with Crippen LogP contribution in [0.15, 0.2) is 4.99 Å². The highest BCUT2D eigenvalue weighted by Gasteiger charge is 2.24. The first kappa shape index (κ1) is 21.1. The Kier molecular flexibility index (Phi) is 8.41. The highest BCUT2D eigenvalue weighted by Crippen LogP contribution is 2.20. The van der Waals surface area contributed by atoms with E-state index in [1.54, 1.807) is 14.2 Å². The van der Waals surface area contributed by atoms with Gasteiger partial charge in [-0.1, -0.05) is 20.8 Å². The van der Waals surface area contributed by atoms with Gasteiger partial charge in [-0.15, -0.1) is 34.2 Å². The van der Waals surface area contributed by atoms with Crippen LogP contribution in [0, 0.1) is 5.41 Å². The van der Waals surface area contributed by atoms with Crippen LogP contribution in [0.4, 0.5) is 0 Å². The standard InChI is InChI=1S/C16H30N6O.HI/c1-16(2,3)12(23-5)10-18-15(17-4)19-11-14-21-20-13-8-6-7-9-22(13)14;/h12H,6-11H2,1-5H3,(H2,17,18,19);1H. The van der Waals surface area contributed by atoms with Gasteiger partial charge in [0.25, 0.3) is 0 Å². The van der Waals surface area contributed by atoms with Crippen molar-refractivity contribution in [1.82, 2.24) is 25.4 Å². The number of ether oxygens (including phenoxy) is 1. The molecule has 0 bridgehead atoms. The third-order valence-corrected chi connectivity index (χ3v) is 4.28. The number of methoxy groups -OCH3 is 1. The van der Waals surface area contributed by atoms with Crippen molar-refractivity contribution in [2.24, 2.45) is 10.4 Å². The number of halogens is 1. The van der Waals surface area contributed by atoms with Crippen molar-refractivity contribution in [1.29, 1.82) is 0 Å². The molecule has 0 saturated carbocycles. The smallest absolute Gasteiger partial charge is 0.191 e. The summed E-state index contributed by atoms with van der Waals surface area (Å²) in [4.78, 5) is 4.27. The zero-order valence-electron chi connectivity index (χ0n) is 15.4. The summed E-state index contributed by atoms with van der Waals surface area (Å²) in [6.45, 7) is 8.85. The minimum absolute atomic E-state index is 0. The van der Waals surface area contributed by atoms with Gasteiger partial charge in [0.05, 0.1) is 12.6 Å². The summed E-state index contributed by atoms with van der Waals surface area (Å²) in [6.07, 6.45) is 3.55. The van der Waals surface area contributed by atoms with Gasteiger partial charge in [-0.2, -0.15) is 0 Å². The summed E-state index contributed by atoms with van der Waals surface area (Å²) in [7, 11) is 3.52. The maximum absolute atomic E-state index is 5.56. The number of guanidine groups is 1. The second-order valence-corrected chi connectivity index (χ2v) is 7.04. The predicted molar refractivity (Wildman–Crippen MR) is 107 cm³/mol. The molecule has 1 aliphatic heterocycles. The molecule has 1 unspecified atom stereocenters. The Balaban J connectivity index is 0.00000288. The number of aliphatic imine (C=N–C) groups is 1. The highest BCUT2D eigenvalue weighted by atomic mass is 127. The largest absolute Gasteiger partial charge is 0.379 e. The van der Waals surface area contributed by atoms with Crippen LogP contribution in [0.3, 0.4) is 0 Å². The average Bonchev–Trinajstić information content (AvgIpc) is 2.93. The Labute approximate surface area is 162 Å². The third-order valence-electron chi connectivity index (χ3n) is 4.28. The van der Waals surface area contributed by atoms with E-state index in [-0.39, 0.29) is 35.5 Å². The summed E-state index contributed by atoms with van der Waals surface area (Å²) in [5, 5.41) is 15.2. The molecule has 1 aromatic heterocycles. The molecule has 7 nitrogen and oxygen atoms in total. The van der Waals surface area contributed by atoms with E-state index >= 15 is 0 Å². The van der Waals surface area contributed by atoms with Gasteiger partial charge < -0.3 is 19.9 Å². The number of aromatic nitrogens is 3. The monoisotopic (exact) mass is 450 g/mol. The fourth-order valence-corrected chi connectivity index (χ4v) is 2.82. The summed E-state index contributed by atoms with van der Waals surface area (Å²) in [5.41, 5.74) is 0.0761. The summed E-state index contributed by atoms with van der Waals surface area (Å²) < 4.78 is 7.78. The quantitative estimate of drug-likeness (QED) is 0.408. The molecule has 0 fully saturated rings. The van der Waals surface area contributed by atoms with Crippen LogP contribution in [0.25, 0.3) is 0 Å². The Hall–Kier alpha value is -0.900. The number of nitrogens with zero attached hydrogens (tertiary/aromatic N) is 4. The first-order chi connectivity index (χ1) is 11.0. The molecule has 0 aliphatic carbocycles. The fourth-order valence-electron chi connectivity index (χ4n) is 2.82. The molecule has 2 heterocycles. The molecular weight excluding hydrogens is 419 g/mol. The fraction of sp³-hybridized carbons (Fsp3) is 0.812. The molecule has 0 saturated heterocycles. The number of fused-ring (bicyclic) bond motifs is 1. The molecule has 1 aliphatic rings. The van der Waals surface area contributed by atoms with Crippen LogP contribution in [-0.4, -0.2) is 47.5 Å². The number of hydrogen-bond acceptors (Lipinski definition) is 4. The molecule has 2 rings (SSSR count). The van der Waals surface area contributed by atoms with Crippen molar-refractivity contribution in [2.75, 3.05) is 20.7 Å². The van der Waals surface area contributed by atoms with Gasteiger partial charge in [-0.3, -0.25) is 4.99 Å². The van der Waals surface area contributed by atoms with Crippen LogP contribution in [0.1, 0.15) is 45.3 Å². The minimum atomic E-state index is 0. The van der Waals surface area contributed by atoms with E-state index in [1.807, 2.05) is 0 Å². The van der Waals surface area contributed by atoms with Gasteiger partial charge in [0, 0.05) is 33.7 Å². The van der Waals surface area contributed by atoms with E-state index in [4.69, 9.17) is 4.74 Å². The zero-order chi connectivity index (χ0) is 16.9. The first-order valence-electron chi connectivity index (χ1n) is 8.34. The predicted octanol–water partition coefficient (Wildman–Crippen LogP) is 1.96. The van der Waals surface area contributed by atoms with Crippen molar-refractivity contribution in [3.8, 4) is 0 Å². The Morgan fingerprint density at radius 3 is 2.67 bits per heavy atom. The average molecular weight is 450 g/mol. The number of aryl methyl sites for hydroxylation is 1. The van der Waals surface area contributed by atoms with Crippen molar-refractivity contribution in [2.45, 2.75) is 59.2 Å². The normalized spacial score (nSPS) is 16.1. The van der Waals surface area contributed by atoms with Gasteiger partial charge in [-0.05, 0) is 18.3 Å². The van der Waals surface area contributed by atoms with E-state index in [9.17, 15) is 0 Å². The van der Waals surface area contributed by atoms with E-state index in [1.165, 1.54) is 12.8 Å². The molecule has 138 valence electrons. The molecule has 0 radical (unpaired) electrons. The van der Waals surface area contributed by atoms with E-state index < -0.39 is 0 Å². The summed E-state index contributed by atoms with van der Waals surface area (Å²) in [6, 6.07) is 0. The van der Waals surface area contributed by atoms with Crippen molar-refractivity contribution < 1.29 is 4.74 Å². The minimum Gasteiger partial charge on any atom is -0.379 e. The van der Waals surface area contributed by atoms with Gasteiger partial charge in [0.1, 0.15) is 5.82 Å². The number of hydrogen-bond donors (Lipinski definition) is 2. The Morgan fingerprint density at radius 1 is 1.29 bits per heavy atom. The molecule has 1 atom stereocenters. The summed E-state index contributed by atoms with van der Waals surface area (Å²) >= 11 is 0. The van der Waals surface area contributed by atoms with Crippen LogP contribution >= 0.6 is 24.0 Å². The SMILES string of the molecule is CN=C(NCc1nnc2n1CCCC2)NCC(OC)C(C)(C)C.I. The second-order valence-electron chi connectivity index (χ2n) is 7.04. The maximum atomic E-state index is 5.56. The molecular formula is C16H31IN6O. The maximum Gasteiger partial charge on any atom is 0.191 e.